The molecule has 1 saturated heterocycles. The molecule has 0 aromatic heterocycles. The highest BCUT2D eigenvalue weighted by atomic mass is 16.5. The number of nitrogens with zero attached hydrogens (tertiary/aromatic N) is 1. The van der Waals surface area contributed by atoms with Crippen molar-refractivity contribution >= 4 is 23.4 Å². The Hall–Kier alpha value is -3.39. The van der Waals surface area contributed by atoms with E-state index in [1.54, 1.807) is 4.90 Å². The number of ether oxygens (including phenoxy) is 1. The molecular weight excluding hydrogens is 384 g/mol. The van der Waals surface area contributed by atoms with Crippen molar-refractivity contribution < 1.29 is 19.1 Å². The maximum atomic E-state index is 12.9. The first-order valence-electron chi connectivity index (χ1n) is 9.98. The number of nitrogens with one attached hydrogen (secondary N) is 2. The summed E-state index contributed by atoms with van der Waals surface area (Å²) in [6, 6.07) is 12.8. The molecule has 2 aliphatic heterocycles. The monoisotopic (exact) mass is 408 g/mol. The van der Waals surface area contributed by atoms with Crippen molar-refractivity contribution in [2.24, 2.45) is 5.73 Å². The third-order valence-electron chi connectivity index (χ3n) is 5.33. The van der Waals surface area contributed by atoms with Crippen molar-refractivity contribution in [1.29, 1.82) is 0 Å². The topological polar surface area (TPSA) is 114 Å². The molecule has 1 atom stereocenters. The van der Waals surface area contributed by atoms with Crippen LogP contribution in [0.15, 0.2) is 42.5 Å². The van der Waals surface area contributed by atoms with Gasteiger partial charge in [-0.25, -0.2) is 0 Å². The quantitative estimate of drug-likeness (QED) is 0.597. The molecule has 4 N–H and O–H groups in total. The molecule has 8 nitrogen and oxygen atoms in total. The first-order valence-corrected chi connectivity index (χ1v) is 9.98. The van der Waals surface area contributed by atoms with Gasteiger partial charge in [0, 0.05) is 37.3 Å². The summed E-state index contributed by atoms with van der Waals surface area (Å²) >= 11 is 0. The molecule has 2 aromatic rings. The van der Waals surface area contributed by atoms with Crippen molar-refractivity contribution in [1.82, 2.24) is 10.2 Å². The molecule has 0 radical (unpaired) electrons. The summed E-state index contributed by atoms with van der Waals surface area (Å²) in [4.78, 5) is 38.0. The number of nitrogens with two attached hydrogens (primary N) is 1. The van der Waals surface area contributed by atoms with Crippen molar-refractivity contribution in [3.63, 3.8) is 0 Å². The predicted molar refractivity (Wildman–Crippen MR) is 111 cm³/mol. The molecule has 156 valence electrons. The molecule has 0 aliphatic carbocycles. The first kappa shape index (κ1) is 19.9. The Morgan fingerprint density at radius 1 is 1.13 bits per heavy atom. The van der Waals surface area contributed by atoms with E-state index >= 15 is 0 Å². The van der Waals surface area contributed by atoms with Crippen LogP contribution in [0.2, 0.25) is 0 Å². The average Bonchev–Trinajstić information content (AvgIpc) is 3.07. The molecule has 0 saturated carbocycles. The highest BCUT2D eigenvalue weighted by Crippen LogP contribution is 2.28. The maximum absolute atomic E-state index is 12.9. The Bertz CT molecular complexity index is 974. The van der Waals surface area contributed by atoms with Crippen LogP contribution >= 0.6 is 0 Å². The van der Waals surface area contributed by atoms with Gasteiger partial charge in [-0.2, -0.15) is 0 Å². The molecule has 2 aliphatic rings. The van der Waals surface area contributed by atoms with Gasteiger partial charge >= 0.3 is 0 Å². The van der Waals surface area contributed by atoms with Crippen molar-refractivity contribution in [2.45, 2.75) is 32.0 Å². The Morgan fingerprint density at radius 2 is 1.93 bits per heavy atom. The maximum Gasteiger partial charge on any atom is 0.255 e. The molecule has 4 rings (SSSR count). The molecule has 3 amide bonds. The van der Waals surface area contributed by atoms with Gasteiger partial charge in [0.15, 0.2) is 0 Å². The van der Waals surface area contributed by atoms with E-state index < -0.39 is 11.9 Å². The summed E-state index contributed by atoms with van der Waals surface area (Å²) in [6.07, 6.45) is 0.617. The van der Waals surface area contributed by atoms with Crippen LogP contribution in [-0.4, -0.2) is 41.8 Å². The highest BCUT2D eigenvalue weighted by Gasteiger charge is 2.39. The number of hydrogen-bond donors (Lipinski definition) is 3. The molecule has 1 unspecified atom stereocenters. The van der Waals surface area contributed by atoms with Crippen molar-refractivity contribution in [3.05, 3.63) is 59.2 Å². The second-order valence-corrected chi connectivity index (χ2v) is 7.41. The summed E-state index contributed by atoms with van der Waals surface area (Å²) in [5.41, 5.74) is 8.85. The van der Waals surface area contributed by atoms with Gasteiger partial charge in [-0.15, -0.1) is 0 Å². The van der Waals surface area contributed by atoms with E-state index in [-0.39, 0.29) is 18.2 Å². The molecule has 2 aromatic carbocycles. The number of hydrogen-bond acceptors (Lipinski definition) is 6. The lowest BCUT2D eigenvalue weighted by atomic mass is 10.0. The number of carbonyl (C=O) groups is 3. The predicted octanol–water partition coefficient (Wildman–Crippen LogP) is 1.40. The summed E-state index contributed by atoms with van der Waals surface area (Å²) < 4.78 is 5.47. The van der Waals surface area contributed by atoms with Crippen LogP contribution in [0, 0.1) is 0 Å². The second kappa shape index (κ2) is 8.54. The molecule has 30 heavy (non-hydrogen) atoms. The minimum absolute atomic E-state index is 0.164. The van der Waals surface area contributed by atoms with Crippen LogP contribution in [0.1, 0.15) is 34.3 Å². The SMILES string of the molecule is NCCOc1ccc(NCc2ccc3c(c2)C(=O)N(C2CCC(=O)NC2=O)C3)cc1. The van der Waals surface area contributed by atoms with Crippen LogP contribution < -0.4 is 21.1 Å². The van der Waals surface area contributed by atoms with Crippen LogP contribution in [0.4, 0.5) is 5.69 Å². The third-order valence-corrected chi connectivity index (χ3v) is 5.33. The zero-order valence-corrected chi connectivity index (χ0v) is 16.5. The van der Waals surface area contributed by atoms with E-state index in [0.29, 0.717) is 38.2 Å². The standard InChI is InChI=1S/C22H24N4O4/c23-9-10-30-17-5-3-16(4-6-17)24-12-14-1-2-15-13-26(22(29)18(15)11-14)19-7-8-20(27)25-21(19)28/h1-6,11,19,24H,7-10,12-13,23H2,(H,25,27,28). The fourth-order valence-electron chi connectivity index (χ4n) is 3.76. The molecular formula is C22H24N4O4. The Balaban J connectivity index is 1.39. The largest absolute Gasteiger partial charge is 0.492 e. The smallest absolute Gasteiger partial charge is 0.255 e. The van der Waals surface area contributed by atoms with E-state index in [1.165, 1.54) is 0 Å². The van der Waals surface area contributed by atoms with Gasteiger partial charge < -0.3 is 20.7 Å². The number of anilines is 1. The Labute approximate surface area is 174 Å². The minimum Gasteiger partial charge on any atom is -0.492 e. The zero-order chi connectivity index (χ0) is 21.1. The normalized spacial score (nSPS) is 18.2. The molecule has 2 heterocycles. The van der Waals surface area contributed by atoms with Crippen LogP contribution in [0.25, 0.3) is 0 Å². The van der Waals surface area contributed by atoms with Crippen LogP contribution in [0.5, 0.6) is 5.75 Å². The van der Waals surface area contributed by atoms with Crippen LogP contribution in [0.3, 0.4) is 0 Å². The lowest BCUT2D eigenvalue weighted by molar-refractivity contribution is -0.136. The summed E-state index contributed by atoms with van der Waals surface area (Å²) in [5, 5.41) is 5.65. The number of rotatable bonds is 7. The van der Waals surface area contributed by atoms with Crippen molar-refractivity contribution in [3.8, 4) is 5.75 Å². The van der Waals surface area contributed by atoms with E-state index in [2.05, 4.69) is 10.6 Å². The van der Waals surface area contributed by atoms with Gasteiger partial charge in [-0.1, -0.05) is 12.1 Å². The van der Waals surface area contributed by atoms with E-state index in [4.69, 9.17) is 10.5 Å². The fraction of sp³-hybridized carbons (Fsp3) is 0.318. The highest BCUT2D eigenvalue weighted by molar-refractivity contribution is 6.05. The lowest BCUT2D eigenvalue weighted by Crippen LogP contribution is -2.52. The number of carbonyl (C=O) groups excluding carboxylic acids is 3. The minimum atomic E-state index is -0.593. The van der Waals surface area contributed by atoms with E-state index in [1.807, 2.05) is 42.5 Å². The van der Waals surface area contributed by atoms with E-state index in [0.717, 1.165) is 22.6 Å². The lowest BCUT2D eigenvalue weighted by Gasteiger charge is -2.29. The summed E-state index contributed by atoms with van der Waals surface area (Å²) in [7, 11) is 0. The number of fused-ring (bicyclic) bond motifs is 1. The molecule has 8 heteroatoms. The number of amides is 3. The van der Waals surface area contributed by atoms with Crippen LogP contribution in [-0.2, 0) is 22.7 Å². The van der Waals surface area contributed by atoms with Gasteiger partial charge in [0.2, 0.25) is 11.8 Å². The Morgan fingerprint density at radius 3 is 2.67 bits per heavy atom. The van der Waals surface area contributed by atoms with Gasteiger partial charge in [-0.05, 0) is 47.9 Å². The number of piperidine rings is 1. The molecule has 0 bridgehead atoms. The van der Waals surface area contributed by atoms with Gasteiger partial charge in [0.25, 0.3) is 5.91 Å². The van der Waals surface area contributed by atoms with Gasteiger partial charge in [0.1, 0.15) is 18.4 Å². The fourth-order valence-corrected chi connectivity index (χ4v) is 3.76. The zero-order valence-electron chi connectivity index (χ0n) is 16.5. The first-order chi connectivity index (χ1) is 14.5. The Kier molecular flexibility index (Phi) is 5.67. The van der Waals surface area contributed by atoms with Crippen molar-refractivity contribution in [2.75, 3.05) is 18.5 Å². The number of imide groups is 1. The van der Waals surface area contributed by atoms with Gasteiger partial charge in [-0.3, -0.25) is 19.7 Å². The van der Waals surface area contributed by atoms with E-state index in [9.17, 15) is 14.4 Å². The summed E-state index contributed by atoms with van der Waals surface area (Å²) in [6.45, 7) is 1.89. The number of benzene rings is 2. The second-order valence-electron chi connectivity index (χ2n) is 7.41. The van der Waals surface area contributed by atoms with Gasteiger partial charge in [0.05, 0.1) is 0 Å². The third kappa shape index (κ3) is 4.13. The average molecular weight is 408 g/mol. The molecule has 0 spiro atoms. The summed E-state index contributed by atoms with van der Waals surface area (Å²) in [5.74, 6) is -0.0774. The molecule has 1 fully saturated rings.